The van der Waals surface area contributed by atoms with Crippen molar-refractivity contribution in [3.05, 3.63) is 47.3 Å². The third-order valence-electron chi connectivity index (χ3n) is 2.49. The first-order valence-electron chi connectivity index (χ1n) is 5.29. The van der Waals surface area contributed by atoms with Gasteiger partial charge in [-0.05, 0) is 36.8 Å². The second-order valence-electron chi connectivity index (χ2n) is 3.84. The van der Waals surface area contributed by atoms with Gasteiger partial charge in [-0.3, -0.25) is 9.89 Å². The number of carbonyl (C=O) groups excluding carboxylic acids is 1. The predicted octanol–water partition coefficient (Wildman–Crippen LogP) is 1.23. The fraction of sp³-hybridized carbons (Fsp3) is 0.167. The number of nitrogens with two attached hydrogens (primary N) is 1. The van der Waals surface area contributed by atoms with E-state index in [1.807, 2.05) is 13.0 Å². The SMILES string of the molecule is Cc1cc(N)ccc1C(=O)NCc1ccn[nH]1. The molecule has 2 aromatic rings. The number of rotatable bonds is 3. The number of nitrogen functional groups attached to an aromatic ring is 1. The van der Waals surface area contributed by atoms with Gasteiger partial charge < -0.3 is 11.1 Å². The van der Waals surface area contributed by atoms with Crippen LogP contribution in [0.3, 0.4) is 0 Å². The van der Waals surface area contributed by atoms with Crippen LogP contribution in [0.2, 0.25) is 0 Å². The molecule has 1 heterocycles. The Morgan fingerprint density at radius 2 is 2.29 bits per heavy atom. The minimum Gasteiger partial charge on any atom is -0.399 e. The Morgan fingerprint density at radius 3 is 2.94 bits per heavy atom. The Labute approximate surface area is 99.0 Å². The molecule has 5 nitrogen and oxygen atoms in total. The summed E-state index contributed by atoms with van der Waals surface area (Å²) in [5, 5.41) is 9.40. The average molecular weight is 230 g/mol. The van der Waals surface area contributed by atoms with Crippen molar-refractivity contribution in [1.29, 1.82) is 0 Å². The fourth-order valence-electron chi connectivity index (χ4n) is 1.60. The number of nitrogens with one attached hydrogen (secondary N) is 2. The Bertz CT molecular complexity index is 519. The fourth-order valence-corrected chi connectivity index (χ4v) is 1.60. The molecule has 0 saturated heterocycles. The first kappa shape index (κ1) is 11.2. The molecular formula is C12H14N4O. The Kier molecular flexibility index (Phi) is 3.09. The summed E-state index contributed by atoms with van der Waals surface area (Å²) < 4.78 is 0. The normalized spacial score (nSPS) is 10.2. The van der Waals surface area contributed by atoms with E-state index in [0.29, 0.717) is 17.8 Å². The maximum atomic E-state index is 11.9. The lowest BCUT2D eigenvalue weighted by Crippen LogP contribution is -2.23. The van der Waals surface area contributed by atoms with Crippen molar-refractivity contribution < 1.29 is 4.79 Å². The molecule has 0 aliphatic carbocycles. The molecule has 1 aromatic carbocycles. The van der Waals surface area contributed by atoms with Crippen LogP contribution in [-0.4, -0.2) is 16.1 Å². The summed E-state index contributed by atoms with van der Waals surface area (Å²) in [5.74, 6) is -0.114. The quantitative estimate of drug-likeness (QED) is 0.693. The molecule has 5 heteroatoms. The van der Waals surface area contributed by atoms with E-state index in [2.05, 4.69) is 15.5 Å². The van der Waals surface area contributed by atoms with E-state index in [1.165, 1.54) is 0 Å². The van der Waals surface area contributed by atoms with Crippen molar-refractivity contribution in [3.8, 4) is 0 Å². The van der Waals surface area contributed by atoms with Gasteiger partial charge in [0.05, 0.1) is 12.2 Å². The summed E-state index contributed by atoms with van der Waals surface area (Å²) in [6.07, 6.45) is 1.65. The number of hydrogen-bond donors (Lipinski definition) is 3. The van der Waals surface area contributed by atoms with E-state index in [-0.39, 0.29) is 5.91 Å². The van der Waals surface area contributed by atoms with Gasteiger partial charge >= 0.3 is 0 Å². The Morgan fingerprint density at radius 1 is 1.47 bits per heavy atom. The number of benzene rings is 1. The van der Waals surface area contributed by atoms with E-state index >= 15 is 0 Å². The molecule has 0 spiro atoms. The van der Waals surface area contributed by atoms with Crippen LogP contribution < -0.4 is 11.1 Å². The molecule has 0 aliphatic rings. The van der Waals surface area contributed by atoms with Gasteiger partial charge in [-0.25, -0.2) is 0 Å². The number of amides is 1. The molecule has 0 unspecified atom stereocenters. The minimum absolute atomic E-state index is 0.114. The monoisotopic (exact) mass is 230 g/mol. The second kappa shape index (κ2) is 4.69. The summed E-state index contributed by atoms with van der Waals surface area (Å²) in [6.45, 7) is 2.30. The molecule has 0 atom stereocenters. The first-order chi connectivity index (χ1) is 8.16. The van der Waals surface area contributed by atoms with Crippen LogP contribution in [0, 0.1) is 6.92 Å². The average Bonchev–Trinajstić information content (AvgIpc) is 2.78. The topological polar surface area (TPSA) is 83.8 Å². The summed E-state index contributed by atoms with van der Waals surface area (Å²) >= 11 is 0. The molecule has 0 fully saturated rings. The molecule has 0 radical (unpaired) electrons. The third-order valence-corrected chi connectivity index (χ3v) is 2.49. The van der Waals surface area contributed by atoms with Crippen molar-refractivity contribution in [3.63, 3.8) is 0 Å². The lowest BCUT2D eigenvalue weighted by molar-refractivity contribution is 0.0950. The number of aryl methyl sites for hydroxylation is 1. The molecule has 0 saturated carbocycles. The number of hydrogen-bond acceptors (Lipinski definition) is 3. The van der Waals surface area contributed by atoms with Crippen molar-refractivity contribution in [2.45, 2.75) is 13.5 Å². The Balaban J connectivity index is 2.04. The van der Waals surface area contributed by atoms with Crippen molar-refractivity contribution in [2.24, 2.45) is 0 Å². The van der Waals surface area contributed by atoms with Gasteiger partial charge in [0.2, 0.25) is 0 Å². The molecule has 0 bridgehead atoms. The highest BCUT2D eigenvalue weighted by Gasteiger charge is 2.08. The summed E-state index contributed by atoms with van der Waals surface area (Å²) in [7, 11) is 0. The minimum atomic E-state index is -0.114. The van der Waals surface area contributed by atoms with Gasteiger partial charge in [0, 0.05) is 17.4 Å². The standard InChI is InChI=1S/C12H14N4O/c1-8-6-9(13)2-3-11(8)12(17)14-7-10-4-5-15-16-10/h2-6H,7,13H2,1H3,(H,14,17)(H,15,16). The van der Waals surface area contributed by atoms with Gasteiger partial charge in [0.1, 0.15) is 0 Å². The van der Waals surface area contributed by atoms with Crippen LogP contribution in [-0.2, 0) is 6.54 Å². The number of anilines is 1. The lowest BCUT2D eigenvalue weighted by atomic mass is 10.1. The van der Waals surface area contributed by atoms with Crippen LogP contribution >= 0.6 is 0 Å². The van der Waals surface area contributed by atoms with Crippen LogP contribution in [0.25, 0.3) is 0 Å². The second-order valence-corrected chi connectivity index (χ2v) is 3.84. The number of H-pyrrole nitrogens is 1. The van der Waals surface area contributed by atoms with E-state index in [9.17, 15) is 4.79 Å². The smallest absolute Gasteiger partial charge is 0.251 e. The molecular weight excluding hydrogens is 216 g/mol. The summed E-state index contributed by atoms with van der Waals surface area (Å²) in [4.78, 5) is 11.9. The van der Waals surface area contributed by atoms with Crippen molar-refractivity contribution in [1.82, 2.24) is 15.5 Å². The van der Waals surface area contributed by atoms with Gasteiger partial charge in [0.15, 0.2) is 0 Å². The van der Waals surface area contributed by atoms with E-state index in [4.69, 9.17) is 5.73 Å². The summed E-state index contributed by atoms with van der Waals surface area (Å²) in [6, 6.07) is 7.05. The maximum Gasteiger partial charge on any atom is 0.251 e. The van der Waals surface area contributed by atoms with E-state index in [1.54, 1.807) is 24.4 Å². The third kappa shape index (κ3) is 2.63. The molecule has 0 aliphatic heterocycles. The van der Waals surface area contributed by atoms with Gasteiger partial charge in [-0.1, -0.05) is 0 Å². The van der Waals surface area contributed by atoms with Crippen molar-refractivity contribution in [2.75, 3.05) is 5.73 Å². The van der Waals surface area contributed by atoms with E-state index < -0.39 is 0 Å². The van der Waals surface area contributed by atoms with Crippen LogP contribution in [0.1, 0.15) is 21.6 Å². The zero-order valence-electron chi connectivity index (χ0n) is 9.53. The lowest BCUT2D eigenvalue weighted by Gasteiger charge is -2.07. The van der Waals surface area contributed by atoms with E-state index in [0.717, 1.165) is 11.3 Å². The largest absolute Gasteiger partial charge is 0.399 e. The highest BCUT2D eigenvalue weighted by molar-refractivity contribution is 5.95. The van der Waals surface area contributed by atoms with Crippen LogP contribution in [0.5, 0.6) is 0 Å². The highest BCUT2D eigenvalue weighted by Crippen LogP contribution is 2.12. The number of aromatic nitrogens is 2. The maximum absolute atomic E-state index is 11.9. The molecule has 2 rings (SSSR count). The number of carbonyl (C=O) groups is 1. The molecule has 17 heavy (non-hydrogen) atoms. The molecule has 4 N–H and O–H groups in total. The zero-order valence-corrected chi connectivity index (χ0v) is 9.53. The summed E-state index contributed by atoms with van der Waals surface area (Å²) in [5.41, 5.74) is 8.67. The predicted molar refractivity (Wildman–Crippen MR) is 65.3 cm³/mol. The van der Waals surface area contributed by atoms with Gasteiger partial charge in [-0.2, -0.15) is 5.10 Å². The first-order valence-corrected chi connectivity index (χ1v) is 5.29. The molecule has 1 amide bonds. The van der Waals surface area contributed by atoms with Crippen LogP contribution in [0.4, 0.5) is 5.69 Å². The molecule has 88 valence electrons. The number of aromatic amines is 1. The van der Waals surface area contributed by atoms with Gasteiger partial charge in [0.25, 0.3) is 5.91 Å². The highest BCUT2D eigenvalue weighted by atomic mass is 16.1. The van der Waals surface area contributed by atoms with Crippen molar-refractivity contribution >= 4 is 11.6 Å². The Hall–Kier alpha value is -2.30. The van der Waals surface area contributed by atoms with Crippen LogP contribution in [0.15, 0.2) is 30.5 Å². The number of nitrogens with zero attached hydrogens (tertiary/aromatic N) is 1. The zero-order chi connectivity index (χ0) is 12.3. The van der Waals surface area contributed by atoms with Gasteiger partial charge in [-0.15, -0.1) is 0 Å². The molecule has 1 aromatic heterocycles.